The SMILES string of the molecule is Cc1cc(NN)cc(C)c1S(=O)(=O)N(CCC#N)C1CC1. The Morgan fingerprint density at radius 2 is 1.95 bits per heavy atom. The predicted octanol–water partition coefficient (Wildman–Crippen LogP) is 1.66. The van der Waals surface area contributed by atoms with Crippen molar-refractivity contribution in [2.45, 2.75) is 44.0 Å². The average Bonchev–Trinajstić information content (AvgIpc) is 3.22. The lowest BCUT2D eigenvalue weighted by Crippen LogP contribution is -2.34. The molecule has 0 atom stereocenters. The van der Waals surface area contributed by atoms with Crippen molar-refractivity contribution in [3.05, 3.63) is 23.3 Å². The normalized spacial score (nSPS) is 15.0. The van der Waals surface area contributed by atoms with Gasteiger partial charge in [0.05, 0.1) is 11.0 Å². The molecule has 114 valence electrons. The number of sulfonamides is 1. The van der Waals surface area contributed by atoms with Crippen LogP contribution in [0.25, 0.3) is 0 Å². The highest BCUT2D eigenvalue weighted by Gasteiger charge is 2.38. The maximum Gasteiger partial charge on any atom is 0.243 e. The molecule has 0 radical (unpaired) electrons. The second kappa shape index (κ2) is 6.02. The first-order valence-corrected chi connectivity index (χ1v) is 8.32. The number of anilines is 1. The minimum Gasteiger partial charge on any atom is -0.324 e. The summed E-state index contributed by atoms with van der Waals surface area (Å²) in [7, 11) is -3.58. The third kappa shape index (κ3) is 3.18. The number of hydrogen-bond acceptors (Lipinski definition) is 5. The van der Waals surface area contributed by atoms with Crippen LogP contribution in [0, 0.1) is 25.2 Å². The average molecular weight is 308 g/mol. The van der Waals surface area contributed by atoms with Crippen molar-refractivity contribution in [3.8, 4) is 6.07 Å². The molecule has 0 bridgehead atoms. The minimum atomic E-state index is -3.58. The number of benzene rings is 1. The monoisotopic (exact) mass is 308 g/mol. The zero-order valence-corrected chi connectivity index (χ0v) is 13.1. The fraction of sp³-hybridized carbons (Fsp3) is 0.500. The zero-order valence-electron chi connectivity index (χ0n) is 12.3. The van der Waals surface area contributed by atoms with E-state index in [4.69, 9.17) is 11.1 Å². The van der Waals surface area contributed by atoms with E-state index in [1.807, 2.05) is 6.07 Å². The smallest absolute Gasteiger partial charge is 0.243 e. The van der Waals surface area contributed by atoms with E-state index in [0.717, 1.165) is 12.8 Å². The molecule has 0 amide bonds. The number of aryl methyl sites for hydroxylation is 2. The van der Waals surface area contributed by atoms with Crippen LogP contribution in [0.3, 0.4) is 0 Å². The number of nitrogens with two attached hydrogens (primary N) is 1. The third-order valence-corrected chi connectivity index (χ3v) is 5.85. The summed E-state index contributed by atoms with van der Waals surface area (Å²) in [5, 5.41) is 8.74. The molecule has 1 aliphatic rings. The van der Waals surface area contributed by atoms with Gasteiger partial charge in [-0.3, -0.25) is 5.84 Å². The van der Waals surface area contributed by atoms with Gasteiger partial charge in [0.25, 0.3) is 0 Å². The number of hydrogen-bond donors (Lipinski definition) is 2. The fourth-order valence-electron chi connectivity index (χ4n) is 2.58. The first-order chi connectivity index (χ1) is 9.91. The Morgan fingerprint density at radius 3 is 2.38 bits per heavy atom. The molecule has 1 aromatic carbocycles. The molecule has 2 rings (SSSR count). The molecule has 0 spiro atoms. The lowest BCUT2D eigenvalue weighted by Gasteiger charge is -2.23. The molecular formula is C14H20N4O2S. The van der Waals surface area contributed by atoms with E-state index >= 15 is 0 Å². The third-order valence-electron chi connectivity index (χ3n) is 3.59. The van der Waals surface area contributed by atoms with Crippen molar-refractivity contribution in [1.82, 2.24) is 4.31 Å². The summed E-state index contributed by atoms with van der Waals surface area (Å²) >= 11 is 0. The van der Waals surface area contributed by atoms with E-state index in [9.17, 15) is 8.42 Å². The molecule has 0 aliphatic heterocycles. The van der Waals surface area contributed by atoms with Crippen molar-refractivity contribution in [1.29, 1.82) is 5.26 Å². The van der Waals surface area contributed by atoms with Gasteiger partial charge >= 0.3 is 0 Å². The topological polar surface area (TPSA) is 99.2 Å². The van der Waals surface area contributed by atoms with E-state index in [0.29, 0.717) is 21.7 Å². The van der Waals surface area contributed by atoms with E-state index < -0.39 is 10.0 Å². The van der Waals surface area contributed by atoms with Gasteiger partial charge in [-0.05, 0) is 49.9 Å². The van der Waals surface area contributed by atoms with Crippen molar-refractivity contribution >= 4 is 15.7 Å². The largest absolute Gasteiger partial charge is 0.324 e. The Morgan fingerprint density at radius 1 is 1.38 bits per heavy atom. The first kappa shape index (κ1) is 15.8. The molecule has 1 fully saturated rings. The molecule has 0 unspecified atom stereocenters. The van der Waals surface area contributed by atoms with Gasteiger partial charge in [0, 0.05) is 24.7 Å². The van der Waals surface area contributed by atoms with Gasteiger partial charge in [-0.25, -0.2) is 8.42 Å². The fourth-order valence-corrected chi connectivity index (χ4v) is 4.68. The van der Waals surface area contributed by atoms with Crippen LogP contribution in [-0.2, 0) is 10.0 Å². The molecule has 0 heterocycles. The van der Waals surface area contributed by atoms with Crippen LogP contribution in [0.4, 0.5) is 5.69 Å². The Kier molecular flexibility index (Phi) is 4.52. The quantitative estimate of drug-likeness (QED) is 0.615. The maximum atomic E-state index is 12.9. The first-order valence-electron chi connectivity index (χ1n) is 6.88. The summed E-state index contributed by atoms with van der Waals surface area (Å²) < 4.78 is 27.3. The van der Waals surface area contributed by atoms with Crippen LogP contribution >= 0.6 is 0 Å². The second-order valence-electron chi connectivity index (χ2n) is 5.34. The van der Waals surface area contributed by atoms with Gasteiger partial charge < -0.3 is 5.43 Å². The number of hydrazine groups is 1. The molecule has 3 N–H and O–H groups in total. The summed E-state index contributed by atoms with van der Waals surface area (Å²) in [6.45, 7) is 3.77. The number of nitrogens with one attached hydrogen (secondary N) is 1. The van der Waals surface area contributed by atoms with Gasteiger partial charge in [0.15, 0.2) is 0 Å². The van der Waals surface area contributed by atoms with Gasteiger partial charge in [-0.15, -0.1) is 0 Å². The standard InChI is InChI=1S/C14H20N4O2S/c1-10-8-12(17-16)9-11(2)14(10)21(19,20)18(7-3-6-15)13-4-5-13/h8-9,13,17H,3-5,7,16H2,1-2H3. The van der Waals surface area contributed by atoms with Crippen molar-refractivity contribution in [2.24, 2.45) is 5.84 Å². The summed E-state index contributed by atoms with van der Waals surface area (Å²) in [5.41, 5.74) is 4.53. The lowest BCUT2D eigenvalue weighted by molar-refractivity contribution is 0.410. The number of nitrogen functional groups attached to an aromatic ring is 1. The van der Waals surface area contributed by atoms with Crippen LogP contribution in [-0.4, -0.2) is 25.3 Å². The van der Waals surface area contributed by atoms with Crippen molar-refractivity contribution < 1.29 is 8.42 Å². The van der Waals surface area contributed by atoms with Crippen LogP contribution in [0.15, 0.2) is 17.0 Å². The van der Waals surface area contributed by atoms with Gasteiger partial charge in [0.2, 0.25) is 10.0 Å². The van der Waals surface area contributed by atoms with Crippen LogP contribution < -0.4 is 11.3 Å². The zero-order chi connectivity index (χ0) is 15.6. The second-order valence-corrected chi connectivity index (χ2v) is 7.17. The van der Waals surface area contributed by atoms with Gasteiger partial charge in [-0.1, -0.05) is 0 Å². The summed E-state index contributed by atoms with van der Waals surface area (Å²) in [6.07, 6.45) is 1.94. The summed E-state index contributed by atoms with van der Waals surface area (Å²) in [5.74, 6) is 5.38. The number of rotatable bonds is 6. The molecule has 1 aliphatic carbocycles. The molecule has 1 aromatic rings. The van der Waals surface area contributed by atoms with Crippen LogP contribution in [0.5, 0.6) is 0 Å². The Bertz CT molecular complexity index is 652. The lowest BCUT2D eigenvalue weighted by atomic mass is 10.1. The van der Waals surface area contributed by atoms with Crippen molar-refractivity contribution in [2.75, 3.05) is 12.0 Å². The van der Waals surface area contributed by atoms with Crippen molar-refractivity contribution in [3.63, 3.8) is 0 Å². The van der Waals surface area contributed by atoms with E-state index in [2.05, 4.69) is 5.43 Å². The predicted molar refractivity (Wildman–Crippen MR) is 80.9 cm³/mol. The highest BCUT2D eigenvalue weighted by Crippen LogP contribution is 2.35. The van der Waals surface area contributed by atoms with E-state index in [1.54, 1.807) is 26.0 Å². The molecule has 6 nitrogen and oxygen atoms in total. The summed E-state index contributed by atoms with van der Waals surface area (Å²) in [6, 6.07) is 5.49. The summed E-state index contributed by atoms with van der Waals surface area (Å²) in [4.78, 5) is 0.325. The van der Waals surface area contributed by atoms with Gasteiger partial charge in [0.1, 0.15) is 0 Å². The highest BCUT2D eigenvalue weighted by atomic mass is 32.2. The Balaban J connectivity index is 2.45. The number of nitrogens with zero attached hydrogens (tertiary/aromatic N) is 2. The maximum absolute atomic E-state index is 12.9. The minimum absolute atomic E-state index is 0.0365. The number of nitriles is 1. The van der Waals surface area contributed by atoms with Gasteiger partial charge in [-0.2, -0.15) is 9.57 Å². The van der Waals surface area contributed by atoms with E-state index in [1.165, 1.54) is 4.31 Å². The molecule has 0 saturated heterocycles. The van der Waals surface area contributed by atoms with Crippen LogP contribution in [0.1, 0.15) is 30.4 Å². The molecule has 1 saturated carbocycles. The molecular weight excluding hydrogens is 288 g/mol. The Labute approximate surface area is 125 Å². The molecule has 7 heteroatoms. The van der Waals surface area contributed by atoms with E-state index in [-0.39, 0.29) is 19.0 Å². The van der Waals surface area contributed by atoms with Crippen LogP contribution in [0.2, 0.25) is 0 Å². The Hall–Kier alpha value is -1.62. The highest BCUT2D eigenvalue weighted by molar-refractivity contribution is 7.89. The molecule has 0 aromatic heterocycles. The molecule has 21 heavy (non-hydrogen) atoms.